The zero-order valence-electron chi connectivity index (χ0n) is 5.59. The van der Waals surface area contributed by atoms with Crippen LogP contribution < -0.4 is 0 Å². The zero-order valence-corrected chi connectivity index (χ0v) is 5.59. The Kier molecular flexibility index (Phi) is 1.01. The SMILES string of the molecule is Cc1nc2cc[c]cc2o1. The van der Waals surface area contributed by atoms with Gasteiger partial charge in [-0.05, 0) is 18.2 Å². The summed E-state index contributed by atoms with van der Waals surface area (Å²) in [5.41, 5.74) is 1.70. The van der Waals surface area contributed by atoms with Gasteiger partial charge in [0.2, 0.25) is 0 Å². The fraction of sp³-hybridized carbons (Fsp3) is 0.125. The van der Waals surface area contributed by atoms with Crippen LogP contribution in [0.5, 0.6) is 0 Å². The van der Waals surface area contributed by atoms with Crippen molar-refractivity contribution in [3.05, 3.63) is 30.2 Å². The minimum Gasteiger partial charge on any atom is -0.441 e. The van der Waals surface area contributed by atoms with Crippen LogP contribution >= 0.6 is 0 Å². The second-order valence-corrected chi connectivity index (χ2v) is 2.13. The van der Waals surface area contributed by atoms with Crippen LogP contribution in [-0.2, 0) is 0 Å². The molecule has 1 aromatic carbocycles. The number of aryl methyl sites for hydroxylation is 1. The van der Waals surface area contributed by atoms with Gasteiger partial charge in [-0.15, -0.1) is 0 Å². The molecule has 0 saturated heterocycles. The molecule has 1 heterocycles. The molecule has 0 aliphatic rings. The van der Waals surface area contributed by atoms with E-state index in [-0.39, 0.29) is 0 Å². The summed E-state index contributed by atoms with van der Waals surface area (Å²) in [5.74, 6) is 0.703. The highest BCUT2D eigenvalue weighted by Gasteiger charge is 1.97. The summed E-state index contributed by atoms with van der Waals surface area (Å²) in [6, 6.07) is 8.41. The maximum atomic E-state index is 5.23. The maximum Gasteiger partial charge on any atom is 0.192 e. The smallest absolute Gasteiger partial charge is 0.192 e. The average Bonchev–Trinajstić information content (AvgIpc) is 2.27. The van der Waals surface area contributed by atoms with E-state index in [9.17, 15) is 0 Å². The normalized spacial score (nSPS) is 10.5. The van der Waals surface area contributed by atoms with Crippen LogP contribution in [0.2, 0.25) is 0 Å². The minimum atomic E-state index is 0.703. The largest absolute Gasteiger partial charge is 0.441 e. The molecule has 1 radical (unpaired) electrons. The van der Waals surface area contributed by atoms with Crippen LogP contribution in [-0.4, -0.2) is 4.98 Å². The molecule has 2 nitrogen and oxygen atoms in total. The monoisotopic (exact) mass is 132 g/mol. The van der Waals surface area contributed by atoms with Crippen molar-refractivity contribution in [2.24, 2.45) is 0 Å². The summed E-state index contributed by atoms with van der Waals surface area (Å²) in [4.78, 5) is 4.13. The van der Waals surface area contributed by atoms with E-state index in [0.29, 0.717) is 5.89 Å². The van der Waals surface area contributed by atoms with E-state index in [1.807, 2.05) is 19.1 Å². The van der Waals surface area contributed by atoms with Gasteiger partial charge in [-0.3, -0.25) is 0 Å². The first-order valence-corrected chi connectivity index (χ1v) is 3.09. The van der Waals surface area contributed by atoms with Crippen LogP contribution in [0.1, 0.15) is 5.89 Å². The highest BCUT2D eigenvalue weighted by atomic mass is 16.3. The highest BCUT2D eigenvalue weighted by molar-refractivity contribution is 5.71. The van der Waals surface area contributed by atoms with E-state index in [4.69, 9.17) is 4.42 Å². The van der Waals surface area contributed by atoms with E-state index in [0.717, 1.165) is 11.1 Å². The topological polar surface area (TPSA) is 26.0 Å². The van der Waals surface area contributed by atoms with Crippen LogP contribution in [0.4, 0.5) is 0 Å². The lowest BCUT2D eigenvalue weighted by molar-refractivity contribution is 0.561. The summed E-state index contributed by atoms with van der Waals surface area (Å²) >= 11 is 0. The number of rotatable bonds is 0. The van der Waals surface area contributed by atoms with Gasteiger partial charge in [0, 0.05) is 6.92 Å². The fourth-order valence-electron chi connectivity index (χ4n) is 0.933. The molecule has 0 aliphatic carbocycles. The first kappa shape index (κ1) is 5.47. The Bertz CT molecular complexity index is 318. The van der Waals surface area contributed by atoms with Gasteiger partial charge in [-0.25, -0.2) is 4.98 Å². The molecule has 0 fully saturated rings. The van der Waals surface area contributed by atoms with Gasteiger partial charge >= 0.3 is 0 Å². The number of fused-ring (bicyclic) bond motifs is 1. The van der Waals surface area contributed by atoms with Gasteiger partial charge in [-0.1, -0.05) is 6.07 Å². The molecule has 0 saturated carbocycles. The van der Waals surface area contributed by atoms with Crippen molar-refractivity contribution in [1.82, 2.24) is 4.98 Å². The number of oxazole rings is 1. The Balaban J connectivity index is 2.88. The van der Waals surface area contributed by atoms with Gasteiger partial charge in [0.15, 0.2) is 11.5 Å². The Hall–Kier alpha value is -1.31. The van der Waals surface area contributed by atoms with Crippen LogP contribution in [0.25, 0.3) is 11.1 Å². The summed E-state index contributed by atoms with van der Waals surface area (Å²) in [5, 5.41) is 0. The van der Waals surface area contributed by atoms with Gasteiger partial charge in [-0.2, -0.15) is 0 Å². The molecule has 2 aromatic rings. The third-order valence-electron chi connectivity index (χ3n) is 1.34. The molecule has 0 amide bonds. The lowest BCUT2D eigenvalue weighted by Crippen LogP contribution is -1.65. The Morgan fingerprint density at radius 1 is 1.60 bits per heavy atom. The molecule has 2 rings (SSSR count). The van der Waals surface area contributed by atoms with Crippen molar-refractivity contribution in [3.8, 4) is 0 Å². The second kappa shape index (κ2) is 1.84. The van der Waals surface area contributed by atoms with Gasteiger partial charge in [0.25, 0.3) is 0 Å². The molecule has 2 heteroatoms. The second-order valence-electron chi connectivity index (χ2n) is 2.13. The number of hydrogen-bond acceptors (Lipinski definition) is 2. The molecule has 10 heavy (non-hydrogen) atoms. The number of hydrogen-bond donors (Lipinski definition) is 0. The third kappa shape index (κ3) is 0.692. The van der Waals surface area contributed by atoms with E-state index < -0.39 is 0 Å². The lowest BCUT2D eigenvalue weighted by Gasteiger charge is -1.79. The van der Waals surface area contributed by atoms with Crippen molar-refractivity contribution in [2.75, 3.05) is 0 Å². The molecule has 1 aromatic heterocycles. The summed E-state index contributed by atoms with van der Waals surface area (Å²) in [6.07, 6.45) is 0. The maximum absolute atomic E-state index is 5.23. The molecule has 0 unspecified atom stereocenters. The fourth-order valence-corrected chi connectivity index (χ4v) is 0.933. The molecule has 0 aliphatic heterocycles. The first-order valence-electron chi connectivity index (χ1n) is 3.09. The Labute approximate surface area is 58.5 Å². The van der Waals surface area contributed by atoms with Crippen molar-refractivity contribution in [2.45, 2.75) is 6.92 Å². The number of nitrogens with zero attached hydrogens (tertiary/aromatic N) is 1. The Morgan fingerprint density at radius 3 is 3.30 bits per heavy atom. The summed E-state index contributed by atoms with van der Waals surface area (Å²) in [7, 11) is 0. The Morgan fingerprint density at radius 2 is 2.50 bits per heavy atom. The van der Waals surface area contributed by atoms with Gasteiger partial charge in [0.05, 0.1) is 0 Å². The average molecular weight is 132 g/mol. The molecule has 0 N–H and O–H groups in total. The number of aromatic nitrogens is 1. The van der Waals surface area contributed by atoms with Crippen molar-refractivity contribution in [1.29, 1.82) is 0 Å². The van der Waals surface area contributed by atoms with E-state index in [2.05, 4.69) is 11.1 Å². The summed E-state index contributed by atoms with van der Waals surface area (Å²) < 4.78 is 5.23. The minimum absolute atomic E-state index is 0.703. The van der Waals surface area contributed by atoms with Crippen molar-refractivity contribution < 1.29 is 4.42 Å². The van der Waals surface area contributed by atoms with Crippen molar-refractivity contribution >= 4 is 11.1 Å². The van der Waals surface area contributed by atoms with Crippen molar-refractivity contribution in [3.63, 3.8) is 0 Å². The number of benzene rings is 1. The summed E-state index contributed by atoms with van der Waals surface area (Å²) in [6.45, 7) is 1.83. The molecule has 0 spiro atoms. The van der Waals surface area contributed by atoms with E-state index in [1.54, 1.807) is 6.07 Å². The molecular weight excluding hydrogens is 126 g/mol. The van der Waals surface area contributed by atoms with Crippen LogP contribution in [0.15, 0.2) is 22.6 Å². The predicted molar refractivity (Wildman–Crippen MR) is 37.6 cm³/mol. The quantitative estimate of drug-likeness (QED) is 0.547. The van der Waals surface area contributed by atoms with Crippen LogP contribution in [0.3, 0.4) is 0 Å². The third-order valence-corrected chi connectivity index (χ3v) is 1.34. The van der Waals surface area contributed by atoms with Gasteiger partial charge in [0.1, 0.15) is 5.52 Å². The van der Waals surface area contributed by atoms with E-state index in [1.165, 1.54) is 0 Å². The highest BCUT2D eigenvalue weighted by Crippen LogP contribution is 2.12. The zero-order chi connectivity index (χ0) is 6.97. The molecular formula is C8H6NO. The predicted octanol–water partition coefficient (Wildman–Crippen LogP) is 1.94. The van der Waals surface area contributed by atoms with E-state index >= 15 is 0 Å². The van der Waals surface area contributed by atoms with Crippen LogP contribution in [0, 0.1) is 13.0 Å². The lowest BCUT2D eigenvalue weighted by atomic mass is 10.3. The van der Waals surface area contributed by atoms with Gasteiger partial charge < -0.3 is 4.42 Å². The standard InChI is InChI=1S/C8H6NO/c1-6-9-7-4-2-3-5-8(7)10-6/h2,4-5H,1H3. The first-order chi connectivity index (χ1) is 4.86. The molecule has 0 bridgehead atoms. The molecule has 49 valence electrons. The molecule has 0 atom stereocenters.